The van der Waals surface area contributed by atoms with Gasteiger partial charge in [0.25, 0.3) is 0 Å². The molecule has 7 heterocycles. The fourth-order valence-electron chi connectivity index (χ4n) is 11.0. The fourth-order valence-corrected chi connectivity index (χ4v) is 12.7. The summed E-state index contributed by atoms with van der Waals surface area (Å²) in [6.07, 6.45) is -2.05. The molecule has 3 aromatic carbocycles. The molecule has 1 spiro atoms. The highest BCUT2D eigenvalue weighted by Crippen LogP contribution is 2.64. The number of aliphatic hydroxyl groups excluding tert-OH is 1. The van der Waals surface area contributed by atoms with Crippen molar-refractivity contribution < 1.29 is 72.0 Å². The minimum absolute atomic E-state index is 0.0108. The molecule has 0 radical (unpaired) electrons. The van der Waals surface area contributed by atoms with Crippen LogP contribution < -0.4 is 39.1 Å². The Morgan fingerprint density at radius 3 is 2.31 bits per heavy atom. The Bertz CT molecular complexity index is 2660. The summed E-state index contributed by atoms with van der Waals surface area (Å²) in [5.74, 6) is 0.00666. The second-order valence-corrected chi connectivity index (χ2v) is 21.8. The van der Waals surface area contributed by atoms with Crippen molar-refractivity contribution >= 4 is 35.9 Å². The summed E-state index contributed by atoms with van der Waals surface area (Å²) in [5, 5.41) is 30.4. The summed E-state index contributed by atoms with van der Waals surface area (Å²) in [7, 11) is 4.86. The molecule has 10 rings (SSSR count). The molecular weight excluding hydrogens is 929 g/mol. The SMILES string of the molecule is COc1cc2c(cc1OC(=O)OC(C)(C)C)CCN[C@]21CS[C@@H]2c3c(OC(=O)[C@H](C)NC(=O)OC(C)(C)C)c(C)c4c(c3[C@@H](COC1=O)N1C2[C@H]2c3c(cc(C)c(OC)c3O)C[C@H]([C@@H]1O)N2C)OCO4. The molecule has 0 aromatic heterocycles. The van der Waals surface area contributed by atoms with E-state index in [-0.39, 0.29) is 42.2 Å². The van der Waals surface area contributed by atoms with E-state index in [0.29, 0.717) is 70.0 Å². The number of fused-ring (bicyclic) bond motifs is 9. The fraction of sp³-hybridized carbons (Fsp3) is 0.560. The van der Waals surface area contributed by atoms with Gasteiger partial charge in [0.05, 0.1) is 37.6 Å². The van der Waals surface area contributed by atoms with Gasteiger partial charge in [-0.2, -0.15) is 0 Å². The predicted octanol–water partition coefficient (Wildman–Crippen LogP) is 5.91. The van der Waals surface area contributed by atoms with E-state index in [0.717, 1.165) is 11.1 Å². The summed E-state index contributed by atoms with van der Waals surface area (Å²) in [4.78, 5) is 59.4. The Kier molecular flexibility index (Phi) is 12.6. The van der Waals surface area contributed by atoms with Gasteiger partial charge in [0.2, 0.25) is 6.79 Å². The number of aliphatic hydroxyl groups is 1. The Morgan fingerprint density at radius 2 is 1.63 bits per heavy atom. The van der Waals surface area contributed by atoms with E-state index in [1.54, 1.807) is 60.6 Å². The Morgan fingerprint density at radius 1 is 0.914 bits per heavy atom. The van der Waals surface area contributed by atoms with E-state index in [1.165, 1.54) is 32.9 Å². The zero-order valence-electron chi connectivity index (χ0n) is 41.5. The maximum atomic E-state index is 15.2. The van der Waals surface area contributed by atoms with Crippen LogP contribution in [0.15, 0.2) is 18.2 Å². The first-order chi connectivity index (χ1) is 33.0. The number of amides is 1. The minimum Gasteiger partial charge on any atom is -0.504 e. The van der Waals surface area contributed by atoms with Gasteiger partial charge in [-0.05, 0) is 117 Å². The quantitative estimate of drug-likeness (QED) is 0.0975. The summed E-state index contributed by atoms with van der Waals surface area (Å²) < 4.78 is 53.6. The lowest BCUT2D eigenvalue weighted by molar-refractivity contribution is -0.186. The first-order valence-electron chi connectivity index (χ1n) is 23.4. The molecule has 1 unspecified atom stereocenters. The van der Waals surface area contributed by atoms with Gasteiger partial charge in [0.1, 0.15) is 35.8 Å². The van der Waals surface area contributed by atoms with E-state index >= 15 is 4.79 Å². The molecule has 2 saturated heterocycles. The topological polar surface area (TPSA) is 222 Å². The number of aromatic hydroxyl groups is 1. The molecule has 378 valence electrons. The third-order valence-corrected chi connectivity index (χ3v) is 15.4. The van der Waals surface area contributed by atoms with Crippen molar-refractivity contribution in [3.63, 3.8) is 0 Å². The van der Waals surface area contributed by atoms with Crippen molar-refractivity contribution in [3.05, 3.63) is 62.7 Å². The smallest absolute Gasteiger partial charge is 0.504 e. The number of esters is 2. The number of nitrogens with zero attached hydrogens (tertiary/aromatic N) is 2. The van der Waals surface area contributed by atoms with Crippen LogP contribution in [-0.2, 0) is 42.2 Å². The number of hydrogen-bond acceptors (Lipinski definition) is 19. The van der Waals surface area contributed by atoms with E-state index in [4.69, 9.17) is 42.6 Å². The highest BCUT2D eigenvalue weighted by atomic mass is 32.2. The summed E-state index contributed by atoms with van der Waals surface area (Å²) >= 11 is 1.38. The monoisotopic (exact) mass is 990 g/mol. The number of phenolic OH excluding ortho intramolecular Hbond substituents is 1. The largest absolute Gasteiger partial charge is 0.514 e. The van der Waals surface area contributed by atoms with Crippen molar-refractivity contribution in [1.29, 1.82) is 0 Å². The lowest BCUT2D eigenvalue weighted by Crippen LogP contribution is -2.70. The van der Waals surface area contributed by atoms with Crippen LogP contribution in [0.5, 0.6) is 40.2 Å². The normalized spacial score (nSPS) is 26.1. The number of ether oxygens (including phenoxy) is 9. The lowest BCUT2D eigenvalue weighted by atomic mass is 9.73. The summed E-state index contributed by atoms with van der Waals surface area (Å²) in [6, 6.07) is 1.41. The lowest BCUT2D eigenvalue weighted by Gasteiger charge is -2.62. The van der Waals surface area contributed by atoms with E-state index in [1.807, 2.05) is 24.9 Å². The molecule has 3 aromatic rings. The van der Waals surface area contributed by atoms with E-state index in [9.17, 15) is 24.6 Å². The van der Waals surface area contributed by atoms with Crippen LogP contribution in [-0.4, -0.2) is 127 Å². The summed E-state index contributed by atoms with van der Waals surface area (Å²) in [5.41, 5.74) is 1.73. The average Bonchev–Trinajstić information content (AvgIpc) is 3.76. The molecule has 20 heteroatoms. The second kappa shape index (κ2) is 17.9. The molecule has 7 aliphatic rings. The molecule has 2 fully saturated rings. The number of aryl methyl sites for hydroxylation is 1. The maximum Gasteiger partial charge on any atom is 0.514 e. The highest BCUT2D eigenvalue weighted by molar-refractivity contribution is 7.99. The molecule has 0 aliphatic carbocycles. The van der Waals surface area contributed by atoms with Crippen LogP contribution in [0.25, 0.3) is 0 Å². The molecule has 19 nitrogen and oxygen atoms in total. The molecule has 7 aliphatic heterocycles. The second-order valence-electron chi connectivity index (χ2n) is 20.7. The van der Waals surface area contributed by atoms with Gasteiger partial charge in [0.15, 0.2) is 40.0 Å². The zero-order chi connectivity index (χ0) is 50.5. The molecular formula is C50H62N4O15S. The zero-order valence-corrected chi connectivity index (χ0v) is 42.3. The van der Waals surface area contributed by atoms with Crippen LogP contribution in [0, 0.1) is 13.8 Å². The number of hydrogen-bond donors (Lipinski definition) is 4. The number of rotatable bonds is 6. The van der Waals surface area contributed by atoms with Crippen LogP contribution >= 0.6 is 11.8 Å². The van der Waals surface area contributed by atoms with Crippen molar-refractivity contribution in [2.75, 3.05) is 47.0 Å². The predicted molar refractivity (Wildman–Crippen MR) is 253 cm³/mol. The number of piperazine rings is 1. The minimum atomic E-state index is -1.53. The van der Waals surface area contributed by atoms with Gasteiger partial charge < -0.3 is 58.2 Å². The Balaban J connectivity index is 1.24. The molecule has 4 N–H and O–H groups in total. The van der Waals surface area contributed by atoms with Crippen LogP contribution in [0.1, 0.15) is 110 Å². The maximum absolute atomic E-state index is 15.2. The van der Waals surface area contributed by atoms with Gasteiger partial charge in [-0.1, -0.05) is 6.07 Å². The van der Waals surface area contributed by atoms with Crippen LogP contribution in [0.4, 0.5) is 9.59 Å². The highest BCUT2D eigenvalue weighted by Gasteiger charge is 2.61. The average molecular weight is 991 g/mol. The Hall–Kier alpha value is -5.67. The third-order valence-electron chi connectivity index (χ3n) is 13.9. The molecule has 70 heavy (non-hydrogen) atoms. The van der Waals surface area contributed by atoms with Gasteiger partial charge in [0, 0.05) is 40.6 Å². The Labute approximate surface area is 410 Å². The number of benzene rings is 3. The summed E-state index contributed by atoms with van der Waals surface area (Å²) in [6.45, 7) is 15.3. The van der Waals surface area contributed by atoms with Gasteiger partial charge in [-0.3, -0.25) is 15.1 Å². The van der Waals surface area contributed by atoms with Gasteiger partial charge in [-0.25, -0.2) is 19.2 Å². The number of methoxy groups -OCH3 is 2. The van der Waals surface area contributed by atoms with Crippen molar-refractivity contribution in [1.82, 2.24) is 20.4 Å². The van der Waals surface area contributed by atoms with Crippen molar-refractivity contribution in [3.8, 4) is 40.2 Å². The number of carbonyl (C=O) groups excluding carboxylic acids is 4. The molecule has 1 amide bonds. The molecule has 0 saturated carbocycles. The number of alkyl carbamates (subject to hydrolysis) is 1. The first kappa shape index (κ1) is 49.3. The number of carbonyl (C=O) groups is 4. The number of phenols is 1. The van der Waals surface area contributed by atoms with Gasteiger partial charge >= 0.3 is 24.2 Å². The molecule has 4 bridgehead atoms. The van der Waals surface area contributed by atoms with Crippen molar-refractivity contribution in [2.45, 2.75) is 134 Å². The number of thioether (sulfide) groups is 1. The number of likely N-dealkylation sites (N-methyl/N-ethyl adjacent to an activating group) is 1. The number of nitrogens with one attached hydrogen (secondary N) is 2. The standard InChI is InChI=1S/C50H62N4O15S/c1-22-15-26-16-28-43(56)54-29-19-63-45(58)50(27-18-30(61-11)31(17-25(27)13-14-51-50)66-47(60)69-49(7,8)9)20-70-42(36(54)35(53(28)10)32(26)37(55)38(22)62-12)34-33(29)41-40(64-21-65-41)23(2)39(34)67-44(57)24(3)52-46(59)68-48(4,5)6/h15,17-18,24,28-29,35-36,42-43,51,55-56H,13-14,16,19-21H2,1-12H3,(H,52,59)/t24-,28+,29+,35+,36?,42+,43-,50+/m0/s1. The van der Waals surface area contributed by atoms with Crippen molar-refractivity contribution in [2.24, 2.45) is 0 Å². The van der Waals surface area contributed by atoms with Crippen LogP contribution in [0.3, 0.4) is 0 Å². The molecule has 8 atom stereocenters. The van der Waals surface area contributed by atoms with E-state index in [2.05, 4.69) is 15.5 Å². The van der Waals surface area contributed by atoms with Gasteiger partial charge in [-0.15, -0.1) is 11.8 Å². The van der Waals surface area contributed by atoms with Crippen LogP contribution in [0.2, 0.25) is 0 Å². The first-order valence-corrected chi connectivity index (χ1v) is 24.4. The third kappa shape index (κ3) is 8.27. The van der Waals surface area contributed by atoms with E-state index < -0.39 is 82.6 Å².